The molecular weight excluding hydrogens is 401 g/mol. The third-order valence-electron chi connectivity index (χ3n) is 4.16. The first-order valence-electron chi connectivity index (χ1n) is 8.37. The quantitative estimate of drug-likeness (QED) is 0.632. The lowest BCUT2D eigenvalue weighted by Gasteiger charge is -2.18. The lowest BCUT2D eigenvalue weighted by atomic mass is 10.2. The molecule has 146 valence electrons. The van der Waals surface area contributed by atoms with Crippen molar-refractivity contribution in [3.8, 4) is 5.75 Å². The molecule has 1 aromatic heterocycles. The van der Waals surface area contributed by atoms with Crippen LogP contribution in [0.2, 0.25) is 0 Å². The number of thiophene rings is 1. The van der Waals surface area contributed by atoms with Crippen LogP contribution in [0.25, 0.3) is 0 Å². The first kappa shape index (κ1) is 20.0. The fraction of sp³-hybridized carbons (Fsp3) is 0.150. The van der Waals surface area contributed by atoms with Crippen molar-refractivity contribution in [2.75, 3.05) is 13.7 Å². The minimum Gasteiger partial charge on any atom is -0.497 e. The molecule has 1 N–H and O–H groups in total. The van der Waals surface area contributed by atoms with Gasteiger partial charge in [-0.15, -0.1) is 11.3 Å². The molecule has 1 amide bonds. The first-order chi connectivity index (χ1) is 13.4. The predicted molar refractivity (Wildman–Crippen MR) is 106 cm³/mol. The smallest absolute Gasteiger partial charge is 0.251 e. The Labute approximate surface area is 166 Å². The molecule has 28 heavy (non-hydrogen) atoms. The zero-order valence-corrected chi connectivity index (χ0v) is 16.6. The number of carbonyl (C=O) groups is 1. The van der Waals surface area contributed by atoms with E-state index in [9.17, 15) is 17.6 Å². The lowest BCUT2D eigenvalue weighted by molar-refractivity contribution is 0.0953. The second kappa shape index (κ2) is 8.53. The first-order valence-corrected chi connectivity index (χ1v) is 10.8. The maximum Gasteiger partial charge on any atom is 0.251 e. The summed E-state index contributed by atoms with van der Waals surface area (Å²) < 4.78 is 44.8. The van der Waals surface area contributed by atoms with Crippen molar-refractivity contribution >= 4 is 27.1 Å². The topological polar surface area (TPSA) is 72.5 Å². The van der Waals surface area contributed by atoms with E-state index in [1.807, 2.05) is 0 Å². The van der Waals surface area contributed by atoms with Crippen molar-refractivity contribution in [1.29, 1.82) is 0 Å². The summed E-state index contributed by atoms with van der Waals surface area (Å²) in [7, 11) is -2.27. The zero-order chi connectivity index (χ0) is 20.1. The van der Waals surface area contributed by atoms with E-state index in [1.54, 1.807) is 29.6 Å². The number of hydrogen-bond acceptors (Lipinski definition) is 5. The number of halogens is 1. The van der Waals surface area contributed by atoms with Crippen molar-refractivity contribution in [3.05, 3.63) is 82.3 Å². The van der Waals surface area contributed by atoms with Gasteiger partial charge >= 0.3 is 0 Å². The van der Waals surface area contributed by atoms with E-state index in [2.05, 4.69) is 5.32 Å². The number of hydrogen-bond donors (Lipinski definition) is 1. The van der Waals surface area contributed by atoms with Gasteiger partial charge in [0.1, 0.15) is 16.8 Å². The van der Waals surface area contributed by atoms with Gasteiger partial charge in [-0.1, -0.05) is 12.1 Å². The van der Waals surface area contributed by atoms with Crippen molar-refractivity contribution < 1.29 is 22.3 Å². The van der Waals surface area contributed by atoms with Gasteiger partial charge in [0.05, 0.1) is 12.0 Å². The highest BCUT2D eigenvalue weighted by atomic mass is 32.2. The third kappa shape index (κ3) is 4.40. The molecule has 5 nitrogen and oxygen atoms in total. The highest BCUT2D eigenvalue weighted by Gasteiger charge is 2.30. The number of nitrogens with one attached hydrogen (secondary N) is 1. The number of benzene rings is 2. The Balaban J connectivity index is 1.86. The highest BCUT2D eigenvalue weighted by molar-refractivity contribution is 7.91. The van der Waals surface area contributed by atoms with Crippen LogP contribution in [0.4, 0.5) is 4.39 Å². The number of rotatable bonds is 7. The normalized spacial score (nSPS) is 12.4. The molecule has 3 aromatic rings. The summed E-state index contributed by atoms with van der Waals surface area (Å²) in [6.45, 7) is -0.135. The maximum atomic E-state index is 13.3. The van der Waals surface area contributed by atoms with Gasteiger partial charge in [0.25, 0.3) is 5.91 Å². The van der Waals surface area contributed by atoms with Crippen LogP contribution in [0, 0.1) is 5.82 Å². The van der Waals surface area contributed by atoms with Crippen LogP contribution in [-0.4, -0.2) is 28.0 Å². The van der Waals surface area contributed by atoms with E-state index < -0.39 is 26.8 Å². The molecule has 2 aromatic carbocycles. The summed E-state index contributed by atoms with van der Waals surface area (Å²) in [6.07, 6.45) is 0. The maximum absolute atomic E-state index is 13.3. The van der Waals surface area contributed by atoms with E-state index in [-0.39, 0.29) is 17.0 Å². The molecule has 1 unspecified atom stereocenters. The van der Waals surface area contributed by atoms with Gasteiger partial charge < -0.3 is 10.1 Å². The molecule has 8 heteroatoms. The Morgan fingerprint density at radius 3 is 2.50 bits per heavy atom. The van der Waals surface area contributed by atoms with E-state index in [0.717, 1.165) is 6.07 Å². The molecule has 0 aliphatic heterocycles. The van der Waals surface area contributed by atoms with Gasteiger partial charge in [0.2, 0.25) is 0 Å². The van der Waals surface area contributed by atoms with Crippen molar-refractivity contribution in [1.82, 2.24) is 5.32 Å². The molecule has 0 aliphatic rings. The van der Waals surface area contributed by atoms with E-state index >= 15 is 0 Å². The minimum atomic E-state index is -3.77. The fourth-order valence-corrected chi connectivity index (χ4v) is 5.47. The Morgan fingerprint density at radius 1 is 1.14 bits per heavy atom. The Morgan fingerprint density at radius 2 is 1.89 bits per heavy atom. The minimum absolute atomic E-state index is 0.131. The van der Waals surface area contributed by atoms with Crippen LogP contribution in [0.15, 0.2) is 70.9 Å². The van der Waals surface area contributed by atoms with Crippen molar-refractivity contribution in [2.24, 2.45) is 0 Å². The lowest BCUT2D eigenvalue weighted by Crippen LogP contribution is -2.31. The number of methoxy groups -OCH3 is 1. The number of amides is 1. The van der Waals surface area contributed by atoms with E-state index in [1.165, 1.54) is 48.8 Å². The highest BCUT2D eigenvalue weighted by Crippen LogP contribution is 2.32. The Kier molecular flexibility index (Phi) is 6.11. The fourth-order valence-electron chi connectivity index (χ4n) is 2.68. The molecule has 0 fully saturated rings. The average Bonchev–Trinajstić information content (AvgIpc) is 3.22. The third-order valence-corrected chi connectivity index (χ3v) is 7.39. The summed E-state index contributed by atoms with van der Waals surface area (Å²) in [5.41, 5.74) is 0.131. The number of ether oxygens (including phenoxy) is 1. The number of sulfone groups is 1. The van der Waals surface area contributed by atoms with Crippen LogP contribution in [0.1, 0.15) is 20.5 Å². The summed E-state index contributed by atoms with van der Waals surface area (Å²) >= 11 is 1.29. The monoisotopic (exact) mass is 419 g/mol. The molecule has 1 atom stereocenters. The second-order valence-electron chi connectivity index (χ2n) is 5.94. The SMILES string of the molecule is COc1ccc(S(=O)(=O)C(CNC(=O)c2cccc(F)c2)c2cccs2)cc1. The molecule has 1 heterocycles. The number of carbonyl (C=O) groups excluding carboxylic acids is 1. The molecule has 3 rings (SSSR count). The van der Waals surface area contributed by atoms with Gasteiger partial charge in [-0.05, 0) is 53.9 Å². The van der Waals surface area contributed by atoms with E-state index in [4.69, 9.17) is 4.74 Å². The van der Waals surface area contributed by atoms with Crippen molar-refractivity contribution in [2.45, 2.75) is 10.1 Å². The summed E-state index contributed by atoms with van der Waals surface area (Å²) in [5, 5.41) is 3.43. The molecular formula is C20H18FNO4S2. The second-order valence-corrected chi connectivity index (χ2v) is 9.05. The molecule has 0 spiro atoms. The van der Waals surface area contributed by atoms with Gasteiger partial charge in [0, 0.05) is 17.0 Å². The Bertz CT molecular complexity index is 1050. The largest absolute Gasteiger partial charge is 0.497 e. The van der Waals surface area contributed by atoms with Crippen molar-refractivity contribution in [3.63, 3.8) is 0 Å². The van der Waals surface area contributed by atoms with Crippen LogP contribution in [0.3, 0.4) is 0 Å². The average molecular weight is 419 g/mol. The molecule has 0 bridgehead atoms. The molecule has 0 radical (unpaired) electrons. The molecule has 0 saturated carbocycles. The van der Waals surface area contributed by atoms with Gasteiger partial charge in [-0.25, -0.2) is 12.8 Å². The molecule has 0 saturated heterocycles. The Hall–Kier alpha value is -2.71. The van der Waals surface area contributed by atoms with Crippen LogP contribution in [0.5, 0.6) is 5.75 Å². The van der Waals surface area contributed by atoms with E-state index in [0.29, 0.717) is 10.6 Å². The van der Waals surface area contributed by atoms with Crippen LogP contribution >= 0.6 is 11.3 Å². The zero-order valence-electron chi connectivity index (χ0n) is 15.0. The van der Waals surface area contributed by atoms with Gasteiger partial charge in [0.15, 0.2) is 9.84 Å². The summed E-state index contributed by atoms with van der Waals surface area (Å²) in [5.74, 6) is -0.523. The van der Waals surface area contributed by atoms with Gasteiger partial charge in [-0.2, -0.15) is 0 Å². The van der Waals surface area contributed by atoms with Crippen LogP contribution < -0.4 is 10.1 Å². The van der Waals surface area contributed by atoms with Crippen LogP contribution in [-0.2, 0) is 9.84 Å². The predicted octanol–water partition coefficient (Wildman–Crippen LogP) is 3.84. The standard InChI is InChI=1S/C20H18FNO4S2/c1-26-16-7-9-17(10-8-16)28(24,25)19(18-6-3-11-27-18)13-22-20(23)14-4-2-5-15(21)12-14/h2-12,19H,13H2,1H3,(H,22,23). The molecule has 0 aliphatic carbocycles. The summed E-state index contributed by atoms with van der Waals surface area (Å²) in [4.78, 5) is 13.1. The van der Waals surface area contributed by atoms with Gasteiger partial charge in [-0.3, -0.25) is 4.79 Å². The summed E-state index contributed by atoms with van der Waals surface area (Å²) in [6, 6.07) is 14.8.